The maximum Gasteiger partial charge on any atom is 0.258 e. The Morgan fingerprint density at radius 3 is 2.65 bits per heavy atom. The first-order valence-electron chi connectivity index (χ1n) is 7.05. The Labute approximate surface area is 139 Å². The minimum Gasteiger partial charge on any atom is -0.496 e. The Bertz CT molecular complexity index is 649. The number of rotatable bonds is 7. The van der Waals surface area contributed by atoms with Gasteiger partial charge >= 0.3 is 0 Å². The molecule has 0 fully saturated rings. The molecule has 6 nitrogen and oxygen atoms in total. The predicted octanol–water partition coefficient (Wildman–Crippen LogP) is 2.46. The summed E-state index contributed by atoms with van der Waals surface area (Å²) >= 11 is 1.44. The van der Waals surface area contributed by atoms with E-state index in [1.165, 1.54) is 11.8 Å². The van der Waals surface area contributed by atoms with Crippen molar-refractivity contribution in [2.24, 2.45) is 0 Å². The zero-order chi connectivity index (χ0) is 16.7. The highest BCUT2D eigenvalue weighted by Crippen LogP contribution is 2.24. The van der Waals surface area contributed by atoms with Crippen LogP contribution in [0.4, 0.5) is 0 Å². The number of aromatic nitrogens is 2. The Morgan fingerprint density at radius 1 is 1.30 bits per heavy atom. The molecule has 7 heteroatoms. The maximum absolute atomic E-state index is 12.0. The number of carbonyl (C=O) groups is 1. The lowest BCUT2D eigenvalue weighted by Crippen LogP contribution is -2.31. The number of hydrogen-bond acceptors (Lipinski definition) is 6. The lowest BCUT2D eigenvalue weighted by atomic mass is 10.1. The average molecular weight is 333 g/mol. The summed E-state index contributed by atoms with van der Waals surface area (Å²) in [7, 11) is 1.61. The predicted molar refractivity (Wildman–Crippen MR) is 88.9 cm³/mol. The standard InChI is InChI=1S/C16H19N3O3S/c1-11(13-6-4-5-7-14(13)21-2)19-15(20)10-22-12-8-17-16(23-3)18-9-12/h4-9,11H,10H2,1-3H3,(H,19,20)/t11-/m1/s1. The number of methoxy groups -OCH3 is 1. The van der Waals surface area contributed by atoms with E-state index < -0.39 is 0 Å². The zero-order valence-corrected chi connectivity index (χ0v) is 14.1. The van der Waals surface area contributed by atoms with E-state index in [0.717, 1.165) is 11.3 Å². The van der Waals surface area contributed by atoms with Crippen LogP contribution in [0.15, 0.2) is 41.8 Å². The van der Waals surface area contributed by atoms with Crippen molar-refractivity contribution in [3.63, 3.8) is 0 Å². The van der Waals surface area contributed by atoms with Crippen LogP contribution in [0.2, 0.25) is 0 Å². The molecule has 1 heterocycles. The van der Waals surface area contributed by atoms with Crippen LogP contribution in [0.1, 0.15) is 18.5 Å². The van der Waals surface area contributed by atoms with Gasteiger partial charge in [-0.15, -0.1) is 0 Å². The molecule has 2 rings (SSSR count). The maximum atomic E-state index is 12.0. The van der Waals surface area contributed by atoms with E-state index in [1.54, 1.807) is 19.5 Å². The van der Waals surface area contributed by atoms with Crippen molar-refractivity contribution in [2.75, 3.05) is 20.0 Å². The van der Waals surface area contributed by atoms with Crippen molar-refractivity contribution < 1.29 is 14.3 Å². The van der Waals surface area contributed by atoms with Crippen LogP contribution in [0.3, 0.4) is 0 Å². The first-order valence-corrected chi connectivity index (χ1v) is 8.27. The largest absolute Gasteiger partial charge is 0.496 e. The molecule has 0 aliphatic carbocycles. The molecule has 0 spiro atoms. The molecule has 0 saturated carbocycles. The highest BCUT2D eigenvalue weighted by molar-refractivity contribution is 7.98. The van der Waals surface area contributed by atoms with Gasteiger partial charge in [-0.2, -0.15) is 0 Å². The van der Waals surface area contributed by atoms with Crippen LogP contribution in [0.25, 0.3) is 0 Å². The Balaban J connectivity index is 1.88. The first kappa shape index (κ1) is 17.1. The van der Waals surface area contributed by atoms with Gasteiger partial charge in [-0.25, -0.2) is 9.97 Å². The molecule has 1 amide bonds. The third kappa shape index (κ3) is 4.85. The first-order chi connectivity index (χ1) is 11.1. The van der Waals surface area contributed by atoms with Gasteiger partial charge in [-0.3, -0.25) is 4.79 Å². The van der Waals surface area contributed by atoms with Gasteiger partial charge in [0.15, 0.2) is 17.5 Å². The summed E-state index contributed by atoms with van der Waals surface area (Å²) in [5.41, 5.74) is 0.913. The topological polar surface area (TPSA) is 73.3 Å². The molecule has 0 aliphatic rings. The van der Waals surface area contributed by atoms with Gasteiger partial charge in [-0.1, -0.05) is 30.0 Å². The minimum absolute atomic E-state index is 0.0958. The summed E-state index contributed by atoms with van der Waals surface area (Å²) < 4.78 is 10.7. The van der Waals surface area contributed by atoms with Gasteiger partial charge in [0.1, 0.15) is 5.75 Å². The Morgan fingerprint density at radius 2 is 2.00 bits per heavy atom. The van der Waals surface area contributed by atoms with Crippen LogP contribution in [0.5, 0.6) is 11.5 Å². The van der Waals surface area contributed by atoms with Crippen molar-refractivity contribution in [2.45, 2.75) is 18.1 Å². The third-order valence-electron chi connectivity index (χ3n) is 3.14. The molecule has 122 valence electrons. The van der Waals surface area contributed by atoms with E-state index in [2.05, 4.69) is 15.3 Å². The average Bonchev–Trinajstić information content (AvgIpc) is 2.60. The minimum atomic E-state index is -0.225. The SMILES string of the molecule is COc1ccccc1[C@@H](C)NC(=O)COc1cnc(SC)nc1. The molecular formula is C16H19N3O3S. The highest BCUT2D eigenvalue weighted by Gasteiger charge is 2.14. The molecule has 0 radical (unpaired) electrons. The zero-order valence-electron chi connectivity index (χ0n) is 13.3. The number of para-hydroxylation sites is 1. The van der Waals surface area contributed by atoms with Crippen molar-refractivity contribution >= 4 is 17.7 Å². The van der Waals surface area contributed by atoms with Crippen LogP contribution >= 0.6 is 11.8 Å². The number of thioether (sulfide) groups is 1. The molecule has 1 atom stereocenters. The molecule has 1 aromatic carbocycles. The Kier molecular flexibility index (Phi) is 6.22. The summed E-state index contributed by atoms with van der Waals surface area (Å²) in [6.07, 6.45) is 4.99. The second kappa shape index (κ2) is 8.38. The van der Waals surface area contributed by atoms with Gasteiger partial charge in [0.25, 0.3) is 5.91 Å². The van der Waals surface area contributed by atoms with Gasteiger partial charge in [0.2, 0.25) is 0 Å². The van der Waals surface area contributed by atoms with E-state index in [4.69, 9.17) is 9.47 Å². The van der Waals surface area contributed by atoms with Crippen LogP contribution in [-0.4, -0.2) is 35.8 Å². The fraction of sp³-hybridized carbons (Fsp3) is 0.312. The summed E-state index contributed by atoms with van der Waals surface area (Å²) in [5, 5.41) is 3.53. The number of ether oxygens (including phenoxy) is 2. The number of hydrogen-bond donors (Lipinski definition) is 1. The number of carbonyl (C=O) groups excluding carboxylic acids is 1. The molecule has 23 heavy (non-hydrogen) atoms. The number of nitrogens with zero attached hydrogens (tertiary/aromatic N) is 2. The highest BCUT2D eigenvalue weighted by atomic mass is 32.2. The van der Waals surface area contributed by atoms with Crippen LogP contribution < -0.4 is 14.8 Å². The number of benzene rings is 1. The molecule has 2 aromatic rings. The monoisotopic (exact) mass is 333 g/mol. The van der Waals surface area contributed by atoms with E-state index in [9.17, 15) is 4.79 Å². The smallest absolute Gasteiger partial charge is 0.258 e. The fourth-order valence-corrected chi connectivity index (χ4v) is 2.33. The van der Waals surface area contributed by atoms with E-state index in [1.807, 2.05) is 37.4 Å². The molecule has 1 aromatic heterocycles. The summed E-state index contributed by atoms with van der Waals surface area (Å²) in [6.45, 7) is 1.80. The molecule has 0 unspecified atom stereocenters. The second-order valence-electron chi connectivity index (χ2n) is 4.73. The Hall–Kier alpha value is -2.28. The molecule has 1 N–H and O–H groups in total. The molecular weight excluding hydrogens is 314 g/mol. The molecule has 0 bridgehead atoms. The van der Waals surface area contributed by atoms with E-state index in [-0.39, 0.29) is 18.6 Å². The number of amides is 1. The van der Waals surface area contributed by atoms with Gasteiger partial charge in [0.05, 0.1) is 25.5 Å². The quantitative estimate of drug-likeness (QED) is 0.620. The van der Waals surface area contributed by atoms with Gasteiger partial charge < -0.3 is 14.8 Å². The molecule has 0 saturated heterocycles. The van der Waals surface area contributed by atoms with Gasteiger partial charge in [-0.05, 0) is 19.2 Å². The van der Waals surface area contributed by atoms with E-state index in [0.29, 0.717) is 10.9 Å². The number of nitrogens with one attached hydrogen (secondary N) is 1. The second-order valence-corrected chi connectivity index (χ2v) is 5.50. The molecule has 0 aliphatic heterocycles. The lowest BCUT2D eigenvalue weighted by Gasteiger charge is -2.17. The third-order valence-corrected chi connectivity index (χ3v) is 3.72. The van der Waals surface area contributed by atoms with Crippen LogP contribution in [-0.2, 0) is 4.79 Å². The van der Waals surface area contributed by atoms with Crippen molar-refractivity contribution in [3.05, 3.63) is 42.2 Å². The van der Waals surface area contributed by atoms with Crippen molar-refractivity contribution in [1.29, 1.82) is 0 Å². The lowest BCUT2D eigenvalue weighted by molar-refractivity contribution is -0.123. The van der Waals surface area contributed by atoms with Gasteiger partial charge in [0, 0.05) is 5.56 Å². The summed E-state index contributed by atoms with van der Waals surface area (Å²) in [4.78, 5) is 20.2. The van der Waals surface area contributed by atoms with E-state index >= 15 is 0 Å². The summed E-state index contributed by atoms with van der Waals surface area (Å²) in [5.74, 6) is 0.975. The van der Waals surface area contributed by atoms with Crippen LogP contribution in [0, 0.1) is 0 Å². The van der Waals surface area contributed by atoms with Crippen molar-refractivity contribution in [3.8, 4) is 11.5 Å². The van der Waals surface area contributed by atoms with Crippen molar-refractivity contribution in [1.82, 2.24) is 15.3 Å². The normalized spacial score (nSPS) is 11.6. The summed E-state index contributed by atoms with van der Waals surface area (Å²) in [6, 6.07) is 7.39. The fourth-order valence-electron chi connectivity index (χ4n) is 2.02.